The Hall–Kier alpha value is -3.32. The van der Waals surface area contributed by atoms with Gasteiger partial charge in [-0.25, -0.2) is 0 Å². The molecule has 1 aliphatic rings. The third-order valence-electron chi connectivity index (χ3n) is 5.60. The highest BCUT2D eigenvalue weighted by Gasteiger charge is 2.18. The third kappa shape index (κ3) is 4.16. The van der Waals surface area contributed by atoms with Gasteiger partial charge in [-0.05, 0) is 60.2 Å². The zero-order valence-electron chi connectivity index (χ0n) is 17.7. The average Bonchev–Trinajstić information content (AvgIpc) is 2.81. The highest BCUT2D eigenvalue weighted by molar-refractivity contribution is 5.80. The molecule has 0 atom stereocenters. The molecular formula is C29H29N. The van der Waals surface area contributed by atoms with Crippen LogP contribution < -0.4 is 4.90 Å². The van der Waals surface area contributed by atoms with Gasteiger partial charge in [0.25, 0.3) is 0 Å². The lowest BCUT2D eigenvalue weighted by atomic mass is 9.98. The molecule has 0 radical (unpaired) electrons. The number of benzene rings is 3. The number of nitrogens with zero attached hydrogens (tertiary/aromatic N) is 1. The second-order valence-corrected chi connectivity index (χ2v) is 7.66. The van der Waals surface area contributed by atoms with E-state index in [1.54, 1.807) is 0 Å². The molecule has 0 unspecified atom stereocenters. The monoisotopic (exact) mass is 391 g/mol. The fourth-order valence-electron chi connectivity index (χ4n) is 4.14. The van der Waals surface area contributed by atoms with E-state index in [9.17, 15) is 0 Å². The van der Waals surface area contributed by atoms with Gasteiger partial charge in [-0.2, -0.15) is 0 Å². The zero-order chi connectivity index (χ0) is 20.8. The normalized spacial score (nSPS) is 13.0. The van der Waals surface area contributed by atoms with Crippen molar-refractivity contribution in [3.05, 3.63) is 114 Å². The Kier molecular flexibility index (Phi) is 6.29. The van der Waals surface area contributed by atoms with E-state index in [1.165, 1.54) is 39.3 Å². The van der Waals surface area contributed by atoms with Crippen LogP contribution in [0, 0.1) is 0 Å². The van der Waals surface area contributed by atoms with Crippen LogP contribution in [-0.4, -0.2) is 0 Å². The van der Waals surface area contributed by atoms with Crippen molar-refractivity contribution in [3.63, 3.8) is 0 Å². The van der Waals surface area contributed by atoms with E-state index >= 15 is 0 Å². The largest absolute Gasteiger partial charge is 0.310 e. The van der Waals surface area contributed by atoms with Crippen LogP contribution in [0.1, 0.15) is 37.3 Å². The summed E-state index contributed by atoms with van der Waals surface area (Å²) in [6.45, 7) is 6.37. The molecule has 0 saturated carbocycles. The van der Waals surface area contributed by atoms with E-state index in [0.717, 1.165) is 25.7 Å². The maximum atomic E-state index is 4.15. The van der Waals surface area contributed by atoms with Crippen LogP contribution in [0.25, 0.3) is 17.2 Å². The molecule has 0 aliphatic heterocycles. The molecule has 0 amide bonds. The minimum atomic E-state index is 1.06. The van der Waals surface area contributed by atoms with Crippen molar-refractivity contribution in [2.75, 3.05) is 4.90 Å². The van der Waals surface area contributed by atoms with Crippen molar-refractivity contribution >= 4 is 17.5 Å². The molecular weight excluding hydrogens is 362 g/mol. The van der Waals surface area contributed by atoms with Crippen molar-refractivity contribution in [2.45, 2.75) is 32.6 Å². The Morgan fingerprint density at radius 3 is 2.30 bits per heavy atom. The van der Waals surface area contributed by atoms with E-state index in [2.05, 4.69) is 109 Å². The Morgan fingerprint density at radius 1 is 0.867 bits per heavy atom. The lowest BCUT2D eigenvalue weighted by molar-refractivity contribution is 0.918. The van der Waals surface area contributed by atoms with Crippen LogP contribution in [0.2, 0.25) is 0 Å². The Balaban J connectivity index is 1.81. The molecule has 3 aromatic carbocycles. The first-order valence-electron chi connectivity index (χ1n) is 10.9. The topological polar surface area (TPSA) is 3.24 Å². The zero-order valence-corrected chi connectivity index (χ0v) is 17.7. The van der Waals surface area contributed by atoms with Crippen molar-refractivity contribution < 1.29 is 0 Å². The lowest BCUT2D eigenvalue weighted by Gasteiger charge is -2.30. The number of anilines is 2. The quantitative estimate of drug-likeness (QED) is 0.391. The van der Waals surface area contributed by atoms with Gasteiger partial charge in [0.15, 0.2) is 0 Å². The summed E-state index contributed by atoms with van der Waals surface area (Å²) in [4.78, 5) is 2.38. The van der Waals surface area contributed by atoms with Crippen molar-refractivity contribution in [2.24, 2.45) is 0 Å². The van der Waals surface area contributed by atoms with Crippen LogP contribution in [-0.2, 0) is 6.42 Å². The molecule has 1 aliphatic carbocycles. The van der Waals surface area contributed by atoms with Crippen LogP contribution >= 0.6 is 0 Å². The van der Waals surface area contributed by atoms with E-state index < -0.39 is 0 Å². The Bertz CT molecular complexity index is 1060. The van der Waals surface area contributed by atoms with Gasteiger partial charge in [0, 0.05) is 16.9 Å². The minimum Gasteiger partial charge on any atom is -0.310 e. The summed E-state index contributed by atoms with van der Waals surface area (Å²) in [5.74, 6) is 0. The van der Waals surface area contributed by atoms with Gasteiger partial charge in [0.2, 0.25) is 0 Å². The molecule has 0 heterocycles. The summed E-state index contributed by atoms with van der Waals surface area (Å²) in [6.07, 6.45) is 13.2. The summed E-state index contributed by atoms with van der Waals surface area (Å²) in [7, 11) is 0. The fourth-order valence-corrected chi connectivity index (χ4v) is 4.14. The SMILES string of the molecule is C=Cc1c(CCC)cccc1N(C1=CCCC=C1)c1ccc(-c2ccccc2)cc1. The molecule has 150 valence electrons. The van der Waals surface area contributed by atoms with Crippen molar-refractivity contribution in [1.29, 1.82) is 0 Å². The van der Waals surface area contributed by atoms with E-state index in [1.807, 2.05) is 6.08 Å². The standard InChI is InChI=1S/C29H29N/c1-3-12-25-15-11-18-29(28(25)4-2)30(26-16-9-6-10-17-26)27-21-19-24(20-22-27)23-13-7-5-8-14-23/h4-5,7-9,11,13-22H,2-3,6,10,12H2,1H3. The lowest BCUT2D eigenvalue weighted by Crippen LogP contribution is -2.17. The van der Waals surface area contributed by atoms with Crippen LogP contribution in [0.4, 0.5) is 11.4 Å². The maximum absolute atomic E-state index is 4.15. The summed E-state index contributed by atoms with van der Waals surface area (Å²) < 4.78 is 0. The molecule has 30 heavy (non-hydrogen) atoms. The molecule has 1 nitrogen and oxygen atoms in total. The second-order valence-electron chi connectivity index (χ2n) is 7.66. The van der Waals surface area contributed by atoms with Crippen molar-refractivity contribution in [3.8, 4) is 11.1 Å². The molecule has 0 fully saturated rings. The van der Waals surface area contributed by atoms with Gasteiger partial charge < -0.3 is 4.90 Å². The summed E-state index contributed by atoms with van der Waals surface area (Å²) in [5, 5.41) is 0. The van der Waals surface area contributed by atoms with Gasteiger partial charge in [0.1, 0.15) is 0 Å². The smallest absolute Gasteiger partial charge is 0.0536 e. The second kappa shape index (κ2) is 9.45. The van der Waals surface area contributed by atoms with E-state index in [0.29, 0.717) is 0 Å². The first kappa shape index (κ1) is 20.0. The summed E-state index contributed by atoms with van der Waals surface area (Å²) >= 11 is 0. The third-order valence-corrected chi connectivity index (χ3v) is 5.60. The number of aryl methyl sites for hydroxylation is 1. The summed E-state index contributed by atoms with van der Waals surface area (Å²) in [5.41, 5.74) is 8.65. The highest BCUT2D eigenvalue weighted by atomic mass is 15.1. The molecule has 3 aromatic rings. The van der Waals surface area contributed by atoms with Gasteiger partial charge in [-0.3, -0.25) is 0 Å². The van der Waals surface area contributed by atoms with Crippen molar-refractivity contribution in [1.82, 2.24) is 0 Å². The first-order valence-corrected chi connectivity index (χ1v) is 10.9. The highest BCUT2D eigenvalue weighted by Crippen LogP contribution is 2.37. The van der Waals surface area contributed by atoms with Crippen LogP contribution in [0.15, 0.2) is 103 Å². The fraction of sp³-hybridized carbons (Fsp3) is 0.172. The first-order chi connectivity index (χ1) is 14.8. The summed E-state index contributed by atoms with van der Waals surface area (Å²) in [6, 6.07) is 26.0. The van der Waals surface area contributed by atoms with Crippen LogP contribution in [0.3, 0.4) is 0 Å². The molecule has 0 aromatic heterocycles. The average molecular weight is 392 g/mol. The Labute approximate surface area is 180 Å². The van der Waals surface area contributed by atoms with Gasteiger partial charge in [-0.1, -0.05) is 92.7 Å². The molecule has 0 bridgehead atoms. The van der Waals surface area contributed by atoms with Gasteiger partial charge >= 0.3 is 0 Å². The molecule has 4 rings (SSSR count). The number of hydrogen-bond donors (Lipinski definition) is 0. The number of hydrogen-bond acceptors (Lipinski definition) is 1. The minimum absolute atomic E-state index is 1.06. The van der Waals surface area contributed by atoms with Gasteiger partial charge in [0.05, 0.1) is 5.69 Å². The predicted octanol–water partition coefficient (Wildman–Crippen LogP) is 8.32. The van der Waals surface area contributed by atoms with E-state index in [-0.39, 0.29) is 0 Å². The van der Waals surface area contributed by atoms with E-state index in [4.69, 9.17) is 0 Å². The Morgan fingerprint density at radius 2 is 1.63 bits per heavy atom. The molecule has 0 spiro atoms. The van der Waals surface area contributed by atoms with Gasteiger partial charge in [-0.15, -0.1) is 0 Å². The molecule has 0 saturated heterocycles. The molecule has 1 heteroatoms. The molecule has 0 N–H and O–H groups in total. The van der Waals surface area contributed by atoms with Crippen LogP contribution in [0.5, 0.6) is 0 Å². The number of allylic oxidation sites excluding steroid dienone is 3. The predicted molar refractivity (Wildman–Crippen MR) is 131 cm³/mol. The maximum Gasteiger partial charge on any atom is 0.0536 e. The number of rotatable bonds is 7.